The Bertz CT molecular complexity index is 988. The van der Waals surface area contributed by atoms with Gasteiger partial charge in [-0.1, -0.05) is 41.0 Å². The Balaban J connectivity index is 1.88. The van der Waals surface area contributed by atoms with E-state index in [0.29, 0.717) is 10.8 Å². The molecule has 136 valence electrons. The van der Waals surface area contributed by atoms with E-state index in [0.717, 1.165) is 4.90 Å². The van der Waals surface area contributed by atoms with Gasteiger partial charge >= 0.3 is 6.18 Å². The number of nitrogens with zero attached hydrogens (tertiary/aromatic N) is 3. The van der Waals surface area contributed by atoms with E-state index in [1.54, 1.807) is 24.3 Å². The average Bonchev–Trinajstić information content (AvgIpc) is 3.06. The van der Waals surface area contributed by atoms with Gasteiger partial charge in [-0.25, -0.2) is 0 Å². The van der Waals surface area contributed by atoms with E-state index in [1.807, 2.05) is 0 Å². The fourth-order valence-electron chi connectivity index (χ4n) is 2.39. The van der Waals surface area contributed by atoms with Crippen molar-refractivity contribution in [3.63, 3.8) is 0 Å². The number of alkyl halides is 3. The van der Waals surface area contributed by atoms with Gasteiger partial charge in [0.25, 0.3) is 11.7 Å². The number of hydrogen-bond donors (Lipinski definition) is 1. The Morgan fingerprint density at radius 3 is 2.58 bits per heavy atom. The van der Waals surface area contributed by atoms with Crippen LogP contribution in [0.1, 0.15) is 22.1 Å². The van der Waals surface area contributed by atoms with Crippen LogP contribution >= 0.6 is 11.6 Å². The van der Waals surface area contributed by atoms with Crippen LogP contribution in [0.2, 0.25) is 5.02 Å². The van der Waals surface area contributed by atoms with Crippen LogP contribution in [0.4, 0.5) is 13.2 Å². The highest BCUT2D eigenvalue weighted by Gasteiger charge is 2.37. The largest absolute Gasteiger partial charge is 0.506 e. The number of amides is 1. The van der Waals surface area contributed by atoms with Crippen LogP contribution in [0.5, 0.6) is 5.75 Å². The lowest BCUT2D eigenvalue weighted by atomic mass is 10.0. The summed E-state index contributed by atoms with van der Waals surface area (Å²) in [5.74, 6) is -2.75. The number of carbonyl (C=O) groups is 1. The normalized spacial score (nSPS) is 11.7. The van der Waals surface area contributed by atoms with Gasteiger partial charge in [-0.15, -0.1) is 0 Å². The molecule has 3 aromatic rings. The minimum Gasteiger partial charge on any atom is -0.506 e. The Hall–Kier alpha value is -2.81. The fraction of sp³-hybridized carbons (Fsp3) is 0.188. The van der Waals surface area contributed by atoms with Gasteiger partial charge in [0.05, 0.1) is 12.1 Å². The molecule has 0 spiro atoms. The molecule has 26 heavy (non-hydrogen) atoms. The summed E-state index contributed by atoms with van der Waals surface area (Å²) in [5, 5.41) is 14.4. The van der Waals surface area contributed by atoms with Gasteiger partial charge in [-0.3, -0.25) is 4.79 Å². The molecular formula is C16H11ClF3N3O3. The van der Waals surface area contributed by atoms with Crippen LogP contribution in [0.25, 0.3) is 10.8 Å². The molecule has 1 aromatic heterocycles. The predicted octanol–water partition coefficient (Wildman–Crippen LogP) is 3.87. The summed E-state index contributed by atoms with van der Waals surface area (Å²) in [6.07, 6.45) is -4.74. The molecule has 0 aliphatic carbocycles. The minimum atomic E-state index is -4.74. The Morgan fingerprint density at radius 1 is 1.31 bits per heavy atom. The van der Waals surface area contributed by atoms with Crippen molar-refractivity contribution in [3.05, 3.63) is 52.6 Å². The van der Waals surface area contributed by atoms with Crippen molar-refractivity contribution in [2.45, 2.75) is 12.7 Å². The van der Waals surface area contributed by atoms with Gasteiger partial charge in [0.2, 0.25) is 5.89 Å². The summed E-state index contributed by atoms with van der Waals surface area (Å²) in [7, 11) is 1.32. The summed E-state index contributed by atoms with van der Waals surface area (Å²) in [6, 6.07) is 7.99. The van der Waals surface area contributed by atoms with Gasteiger partial charge in [0.1, 0.15) is 5.75 Å². The standard InChI is InChI=1S/C16H11ClF3N3O3/c1-23(7-12-21-15(22-26-12)16(18,19)20)14(25)10-6-11(17)8-4-2-3-5-9(8)13(10)24/h2-6,24H,7H2,1H3. The zero-order chi connectivity index (χ0) is 19.1. The zero-order valence-corrected chi connectivity index (χ0v) is 14.0. The number of rotatable bonds is 3. The molecule has 3 rings (SSSR count). The molecule has 0 saturated carbocycles. The lowest BCUT2D eigenvalue weighted by Gasteiger charge is -2.17. The fourth-order valence-corrected chi connectivity index (χ4v) is 2.67. The minimum absolute atomic E-state index is 0.0910. The lowest BCUT2D eigenvalue weighted by Crippen LogP contribution is -2.26. The first-order chi connectivity index (χ1) is 12.2. The van der Waals surface area contributed by atoms with E-state index in [1.165, 1.54) is 13.1 Å². The van der Waals surface area contributed by atoms with E-state index >= 15 is 0 Å². The topological polar surface area (TPSA) is 79.5 Å². The van der Waals surface area contributed by atoms with Crippen LogP contribution < -0.4 is 0 Å². The first-order valence-corrected chi connectivity index (χ1v) is 7.61. The number of carbonyl (C=O) groups excluding carboxylic acids is 1. The number of aromatic nitrogens is 2. The molecule has 0 radical (unpaired) electrons. The number of halogens is 4. The van der Waals surface area contributed by atoms with Crippen molar-refractivity contribution in [1.29, 1.82) is 0 Å². The van der Waals surface area contributed by atoms with E-state index in [2.05, 4.69) is 14.7 Å². The van der Waals surface area contributed by atoms with Crippen LogP contribution in [0.3, 0.4) is 0 Å². The number of phenolic OH excluding ortho intramolecular Hbond substituents is 1. The van der Waals surface area contributed by atoms with Crippen LogP contribution in [-0.2, 0) is 12.7 Å². The lowest BCUT2D eigenvalue weighted by molar-refractivity contribution is -0.146. The van der Waals surface area contributed by atoms with E-state index in [4.69, 9.17) is 11.6 Å². The molecule has 0 aliphatic heterocycles. The van der Waals surface area contributed by atoms with Crippen molar-refractivity contribution in [1.82, 2.24) is 15.0 Å². The quantitative estimate of drug-likeness (QED) is 0.740. The van der Waals surface area contributed by atoms with Crippen molar-refractivity contribution in [3.8, 4) is 5.75 Å². The van der Waals surface area contributed by atoms with E-state index in [-0.39, 0.29) is 28.8 Å². The van der Waals surface area contributed by atoms with Gasteiger partial charge in [-0.2, -0.15) is 18.2 Å². The summed E-state index contributed by atoms with van der Waals surface area (Å²) < 4.78 is 42.0. The number of benzene rings is 2. The van der Waals surface area contributed by atoms with Crippen molar-refractivity contribution >= 4 is 28.3 Å². The molecule has 2 aromatic carbocycles. The molecule has 10 heteroatoms. The molecule has 6 nitrogen and oxygen atoms in total. The Labute approximate surface area is 149 Å². The Kier molecular flexibility index (Phi) is 4.49. The maximum atomic E-state index is 12.6. The molecule has 0 aliphatic rings. The molecule has 1 N–H and O–H groups in total. The number of phenols is 1. The predicted molar refractivity (Wildman–Crippen MR) is 85.7 cm³/mol. The van der Waals surface area contributed by atoms with Crippen molar-refractivity contribution in [2.75, 3.05) is 7.05 Å². The number of aromatic hydroxyl groups is 1. The van der Waals surface area contributed by atoms with Crippen LogP contribution in [0, 0.1) is 0 Å². The Morgan fingerprint density at radius 2 is 1.96 bits per heavy atom. The average molecular weight is 386 g/mol. The summed E-state index contributed by atoms with van der Waals surface area (Å²) >= 11 is 6.15. The maximum Gasteiger partial charge on any atom is 0.455 e. The summed E-state index contributed by atoms with van der Waals surface area (Å²) in [4.78, 5) is 16.8. The number of hydrogen-bond acceptors (Lipinski definition) is 5. The second-order valence-corrected chi connectivity index (χ2v) is 5.88. The second-order valence-electron chi connectivity index (χ2n) is 5.47. The van der Waals surface area contributed by atoms with Crippen LogP contribution in [0.15, 0.2) is 34.9 Å². The molecule has 1 heterocycles. The maximum absolute atomic E-state index is 12.6. The molecule has 0 atom stereocenters. The van der Waals surface area contributed by atoms with Gasteiger partial charge in [0, 0.05) is 22.8 Å². The first kappa shape index (κ1) is 18.0. The van der Waals surface area contributed by atoms with Gasteiger partial charge in [-0.05, 0) is 6.07 Å². The molecule has 0 fully saturated rings. The van der Waals surface area contributed by atoms with Crippen molar-refractivity contribution in [2.24, 2.45) is 0 Å². The number of fused-ring (bicyclic) bond motifs is 1. The highest BCUT2D eigenvalue weighted by molar-refractivity contribution is 6.36. The monoisotopic (exact) mass is 385 g/mol. The van der Waals surface area contributed by atoms with E-state index in [9.17, 15) is 23.1 Å². The summed E-state index contributed by atoms with van der Waals surface area (Å²) in [5.41, 5.74) is -0.0910. The molecule has 0 bridgehead atoms. The van der Waals surface area contributed by atoms with E-state index < -0.39 is 17.9 Å². The third-order valence-corrected chi connectivity index (χ3v) is 3.95. The molecule has 0 unspecified atom stereocenters. The third kappa shape index (κ3) is 3.30. The third-order valence-electron chi connectivity index (χ3n) is 3.64. The second kappa shape index (κ2) is 6.49. The highest BCUT2D eigenvalue weighted by atomic mass is 35.5. The van der Waals surface area contributed by atoms with Crippen molar-refractivity contribution < 1.29 is 27.6 Å². The molecule has 1 amide bonds. The molecule has 0 saturated heterocycles. The van der Waals surface area contributed by atoms with Crippen LogP contribution in [-0.4, -0.2) is 33.1 Å². The van der Waals surface area contributed by atoms with Gasteiger partial charge < -0.3 is 14.5 Å². The zero-order valence-electron chi connectivity index (χ0n) is 13.2. The SMILES string of the molecule is CN(Cc1nc(C(F)(F)F)no1)C(=O)c1cc(Cl)c2ccccc2c1O. The molecular weight excluding hydrogens is 375 g/mol. The smallest absolute Gasteiger partial charge is 0.455 e. The van der Waals surface area contributed by atoms with Gasteiger partial charge in [0.15, 0.2) is 0 Å². The highest BCUT2D eigenvalue weighted by Crippen LogP contribution is 2.35. The summed E-state index contributed by atoms with van der Waals surface area (Å²) in [6.45, 7) is -0.369. The first-order valence-electron chi connectivity index (χ1n) is 7.24.